The maximum absolute atomic E-state index is 12.6. The lowest BCUT2D eigenvalue weighted by Crippen LogP contribution is -2.12. The van der Waals surface area contributed by atoms with Crippen molar-refractivity contribution in [3.05, 3.63) is 42.0 Å². The fraction of sp³-hybridized carbons (Fsp3) is 0.400. The molecule has 34 heavy (non-hydrogen) atoms. The summed E-state index contributed by atoms with van der Waals surface area (Å²) in [6, 6.07) is 10.4. The summed E-state index contributed by atoms with van der Waals surface area (Å²) in [6.07, 6.45) is 2.04. The number of carbonyl (C=O) groups is 1. The van der Waals surface area contributed by atoms with Crippen molar-refractivity contribution in [1.82, 2.24) is 10.2 Å². The number of nitrogens with zero attached hydrogens (tertiary/aromatic N) is 2. The molecular weight excluding hydrogens is 438 g/mol. The Kier molecular flexibility index (Phi) is 9.13. The number of anilines is 1. The monoisotopic (exact) mass is 469 g/mol. The van der Waals surface area contributed by atoms with E-state index in [1.54, 1.807) is 36.4 Å². The Balaban J connectivity index is 1.76. The highest BCUT2D eigenvalue weighted by Crippen LogP contribution is 2.41. The average molecular weight is 470 g/mol. The van der Waals surface area contributed by atoms with Gasteiger partial charge < -0.3 is 23.4 Å². The molecule has 0 unspecified atom stereocenters. The minimum absolute atomic E-state index is 0.0203. The number of hydrogen-bond donors (Lipinski definition) is 1. The van der Waals surface area contributed by atoms with E-state index < -0.39 is 0 Å². The lowest BCUT2D eigenvalue weighted by atomic mass is 10.2. The van der Waals surface area contributed by atoms with Crippen LogP contribution in [0, 0.1) is 0 Å². The summed E-state index contributed by atoms with van der Waals surface area (Å²) in [7, 11) is 0. The quantitative estimate of drug-likeness (QED) is 0.333. The number of benzene rings is 2. The molecule has 1 aromatic heterocycles. The summed E-state index contributed by atoms with van der Waals surface area (Å²) in [5.74, 6) is 2.10. The van der Waals surface area contributed by atoms with Gasteiger partial charge in [-0.1, -0.05) is 18.4 Å². The van der Waals surface area contributed by atoms with Crippen molar-refractivity contribution in [3.8, 4) is 34.5 Å². The number of ether oxygens (including phenoxy) is 4. The van der Waals surface area contributed by atoms with E-state index in [1.807, 2.05) is 20.8 Å². The first-order valence-electron chi connectivity index (χ1n) is 11.5. The van der Waals surface area contributed by atoms with Crippen LogP contribution in [0.5, 0.6) is 23.0 Å². The van der Waals surface area contributed by atoms with Crippen molar-refractivity contribution < 1.29 is 28.2 Å². The highest BCUT2D eigenvalue weighted by molar-refractivity contribution is 6.03. The van der Waals surface area contributed by atoms with E-state index in [-0.39, 0.29) is 17.8 Å². The number of aromatic nitrogens is 2. The Labute approximate surface area is 199 Å². The first-order valence-corrected chi connectivity index (χ1v) is 11.5. The predicted molar refractivity (Wildman–Crippen MR) is 128 cm³/mol. The molecule has 0 bridgehead atoms. The Hall–Kier alpha value is -3.75. The van der Waals surface area contributed by atoms with Gasteiger partial charge >= 0.3 is 6.01 Å². The number of hydrogen-bond acceptors (Lipinski definition) is 8. The van der Waals surface area contributed by atoms with E-state index in [9.17, 15) is 4.79 Å². The van der Waals surface area contributed by atoms with Gasteiger partial charge in [0.05, 0.1) is 26.4 Å². The molecule has 0 atom stereocenters. The van der Waals surface area contributed by atoms with Gasteiger partial charge in [-0.25, -0.2) is 0 Å². The van der Waals surface area contributed by atoms with Gasteiger partial charge in [0.15, 0.2) is 11.5 Å². The summed E-state index contributed by atoms with van der Waals surface area (Å²) in [5, 5.41) is 10.6. The molecule has 0 fully saturated rings. The summed E-state index contributed by atoms with van der Waals surface area (Å²) in [6.45, 7) is 9.76. The molecule has 3 aromatic rings. The van der Waals surface area contributed by atoms with Crippen LogP contribution in [0.25, 0.3) is 11.5 Å². The lowest BCUT2D eigenvalue weighted by Gasteiger charge is -2.16. The molecule has 9 nitrogen and oxygen atoms in total. The van der Waals surface area contributed by atoms with Crippen LogP contribution in [0.2, 0.25) is 0 Å². The molecule has 9 heteroatoms. The van der Waals surface area contributed by atoms with Gasteiger partial charge in [0, 0.05) is 11.1 Å². The molecule has 182 valence electrons. The second kappa shape index (κ2) is 12.5. The molecule has 0 spiro atoms. The zero-order valence-corrected chi connectivity index (χ0v) is 20.1. The zero-order chi connectivity index (χ0) is 24.3. The molecule has 1 N–H and O–H groups in total. The number of unbranched alkanes of at least 4 members (excludes halogenated alkanes) is 1. The Morgan fingerprint density at radius 3 is 2.12 bits per heavy atom. The lowest BCUT2D eigenvalue weighted by molar-refractivity contribution is 0.102. The second-order valence-electron chi connectivity index (χ2n) is 7.19. The molecule has 0 aliphatic rings. The minimum Gasteiger partial charge on any atom is -0.494 e. The maximum Gasteiger partial charge on any atom is 0.322 e. The van der Waals surface area contributed by atoms with Gasteiger partial charge in [0.25, 0.3) is 5.91 Å². The minimum atomic E-state index is -0.369. The highest BCUT2D eigenvalue weighted by atomic mass is 16.5. The molecule has 3 rings (SSSR count). The molecule has 1 heterocycles. The summed E-state index contributed by atoms with van der Waals surface area (Å²) < 4.78 is 28.5. The van der Waals surface area contributed by atoms with Crippen LogP contribution in [-0.2, 0) is 0 Å². The van der Waals surface area contributed by atoms with Crippen LogP contribution in [-0.4, -0.2) is 42.5 Å². The van der Waals surface area contributed by atoms with E-state index in [0.29, 0.717) is 54.8 Å². The third-order valence-corrected chi connectivity index (χ3v) is 4.68. The van der Waals surface area contributed by atoms with Crippen LogP contribution < -0.4 is 24.3 Å². The van der Waals surface area contributed by atoms with Crippen molar-refractivity contribution in [3.63, 3.8) is 0 Å². The van der Waals surface area contributed by atoms with Crippen LogP contribution in [0.3, 0.4) is 0 Å². The predicted octanol–water partition coefficient (Wildman–Crippen LogP) is 5.36. The largest absolute Gasteiger partial charge is 0.494 e. The number of carbonyl (C=O) groups excluding carboxylic acids is 1. The summed E-state index contributed by atoms with van der Waals surface area (Å²) >= 11 is 0. The first kappa shape index (κ1) is 24.9. The normalized spacial score (nSPS) is 10.6. The highest BCUT2D eigenvalue weighted by Gasteiger charge is 2.19. The molecule has 1 amide bonds. The van der Waals surface area contributed by atoms with Gasteiger partial charge in [-0.05, 0) is 63.6 Å². The van der Waals surface area contributed by atoms with Gasteiger partial charge in [-0.15, -0.1) is 5.10 Å². The summed E-state index contributed by atoms with van der Waals surface area (Å²) in [4.78, 5) is 12.6. The van der Waals surface area contributed by atoms with Gasteiger partial charge in [0.2, 0.25) is 11.6 Å². The molecule has 0 radical (unpaired) electrons. The molecule has 2 aromatic carbocycles. The fourth-order valence-electron chi connectivity index (χ4n) is 3.11. The van der Waals surface area contributed by atoms with E-state index >= 15 is 0 Å². The Morgan fingerprint density at radius 2 is 1.53 bits per heavy atom. The maximum atomic E-state index is 12.6. The average Bonchev–Trinajstić information content (AvgIpc) is 3.30. The first-order chi connectivity index (χ1) is 16.6. The van der Waals surface area contributed by atoms with Crippen molar-refractivity contribution in [2.75, 3.05) is 31.7 Å². The topological polar surface area (TPSA) is 105 Å². The zero-order valence-electron chi connectivity index (χ0n) is 20.1. The third kappa shape index (κ3) is 6.40. The number of rotatable bonds is 13. The number of amides is 1. The van der Waals surface area contributed by atoms with Crippen LogP contribution in [0.15, 0.2) is 40.8 Å². The SMILES string of the molecule is CCCCOc1ccc(C(=O)Nc2nnc(-c3cc(OCC)c(OCC)c(OCC)c3)o2)cc1. The van der Waals surface area contributed by atoms with Crippen molar-refractivity contribution in [2.45, 2.75) is 40.5 Å². The molecule has 0 saturated carbocycles. The smallest absolute Gasteiger partial charge is 0.322 e. The molecular formula is C25H31N3O6. The van der Waals surface area contributed by atoms with E-state index in [0.717, 1.165) is 18.6 Å². The van der Waals surface area contributed by atoms with Gasteiger partial charge in [0.1, 0.15) is 5.75 Å². The van der Waals surface area contributed by atoms with Crippen molar-refractivity contribution in [1.29, 1.82) is 0 Å². The van der Waals surface area contributed by atoms with Crippen molar-refractivity contribution >= 4 is 11.9 Å². The second-order valence-corrected chi connectivity index (χ2v) is 7.19. The van der Waals surface area contributed by atoms with Crippen molar-refractivity contribution in [2.24, 2.45) is 0 Å². The van der Waals surface area contributed by atoms with E-state index in [4.69, 9.17) is 23.4 Å². The van der Waals surface area contributed by atoms with Crippen LogP contribution in [0.1, 0.15) is 50.9 Å². The molecule has 0 saturated heterocycles. The summed E-state index contributed by atoms with van der Waals surface area (Å²) in [5.41, 5.74) is 1.03. The Bertz CT molecular complexity index is 1040. The standard InChI is InChI=1S/C25H31N3O6/c1-5-9-14-33-19-12-10-17(11-13-19)23(29)26-25-28-27-24(34-25)18-15-20(30-6-2)22(32-8-4)21(16-18)31-7-3/h10-13,15-16H,5-9,14H2,1-4H3,(H,26,28,29). The Morgan fingerprint density at radius 1 is 0.882 bits per heavy atom. The van der Waals surface area contributed by atoms with Crippen LogP contribution >= 0.6 is 0 Å². The van der Waals surface area contributed by atoms with Gasteiger partial charge in [-0.2, -0.15) is 0 Å². The van der Waals surface area contributed by atoms with E-state index in [1.165, 1.54) is 0 Å². The van der Waals surface area contributed by atoms with Gasteiger partial charge in [-0.3, -0.25) is 10.1 Å². The number of nitrogens with one attached hydrogen (secondary N) is 1. The fourth-order valence-corrected chi connectivity index (χ4v) is 3.11. The van der Waals surface area contributed by atoms with E-state index in [2.05, 4.69) is 22.4 Å². The molecule has 0 aliphatic heterocycles. The molecule has 0 aliphatic carbocycles. The van der Waals surface area contributed by atoms with Crippen LogP contribution in [0.4, 0.5) is 6.01 Å². The third-order valence-electron chi connectivity index (χ3n) is 4.68.